The predicted molar refractivity (Wildman–Crippen MR) is 75.5 cm³/mol. The number of carboxylic acids is 1. The molecule has 1 rings (SSSR count). The van der Waals surface area contributed by atoms with Crippen LogP contribution in [0.3, 0.4) is 0 Å². The third-order valence-electron chi connectivity index (χ3n) is 2.81. The summed E-state index contributed by atoms with van der Waals surface area (Å²) in [5.41, 5.74) is 0. The van der Waals surface area contributed by atoms with Crippen molar-refractivity contribution in [3.63, 3.8) is 0 Å². The Morgan fingerprint density at radius 3 is 2.58 bits per heavy atom. The molecule has 4 heteroatoms. The van der Waals surface area contributed by atoms with Crippen molar-refractivity contribution < 1.29 is 14.6 Å². The van der Waals surface area contributed by atoms with Gasteiger partial charge < -0.3 is 14.7 Å². The van der Waals surface area contributed by atoms with E-state index in [4.69, 9.17) is 9.84 Å². The third-order valence-corrected chi connectivity index (χ3v) is 2.81. The van der Waals surface area contributed by atoms with Crippen LogP contribution >= 0.6 is 0 Å². The molecule has 0 aromatic heterocycles. The first kappa shape index (κ1) is 15.5. The van der Waals surface area contributed by atoms with E-state index in [0.29, 0.717) is 13.2 Å². The van der Waals surface area contributed by atoms with Gasteiger partial charge in [0.2, 0.25) is 0 Å². The third kappa shape index (κ3) is 7.47. The van der Waals surface area contributed by atoms with E-state index in [1.807, 2.05) is 30.3 Å². The summed E-state index contributed by atoms with van der Waals surface area (Å²) in [7, 11) is 0. The van der Waals surface area contributed by atoms with E-state index in [0.717, 1.165) is 31.7 Å². The van der Waals surface area contributed by atoms with E-state index in [9.17, 15) is 4.79 Å². The second-order valence-electron chi connectivity index (χ2n) is 4.50. The molecule has 0 saturated heterocycles. The molecule has 106 valence electrons. The zero-order valence-corrected chi connectivity index (χ0v) is 11.5. The number of carbonyl (C=O) groups is 1. The average Bonchev–Trinajstić information content (AvgIpc) is 2.41. The minimum Gasteiger partial charge on any atom is -0.494 e. The number of hydrogen-bond donors (Lipinski definition) is 1. The van der Waals surface area contributed by atoms with Gasteiger partial charge in [-0.05, 0) is 31.5 Å². The molecule has 0 heterocycles. The predicted octanol–water partition coefficient (Wildman–Crippen LogP) is 2.64. The number of carboxylic acid groups (broad SMARTS) is 1. The van der Waals surface area contributed by atoms with E-state index in [2.05, 4.69) is 11.8 Å². The molecule has 1 aromatic rings. The lowest BCUT2D eigenvalue weighted by Crippen LogP contribution is -2.29. The number of aliphatic carboxylic acids is 1. The van der Waals surface area contributed by atoms with Crippen LogP contribution in [-0.4, -0.2) is 42.2 Å². The van der Waals surface area contributed by atoms with Gasteiger partial charge in [0.1, 0.15) is 5.75 Å². The zero-order valence-electron chi connectivity index (χ0n) is 11.5. The summed E-state index contributed by atoms with van der Waals surface area (Å²) in [4.78, 5) is 12.8. The number of ether oxygens (including phenoxy) is 1. The van der Waals surface area contributed by atoms with Crippen molar-refractivity contribution in [2.24, 2.45) is 0 Å². The maximum absolute atomic E-state index is 10.6. The Bertz CT molecular complexity index is 354. The summed E-state index contributed by atoms with van der Waals surface area (Å²) in [6, 6.07) is 9.74. The summed E-state index contributed by atoms with van der Waals surface area (Å²) < 4.78 is 5.62. The van der Waals surface area contributed by atoms with Crippen molar-refractivity contribution in [1.29, 1.82) is 0 Å². The van der Waals surface area contributed by atoms with Crippen LogP contribution in [0.4, 0.5) is 0 Å². The minimum absolute atomic E-state index is 0.208. The van der Waals surface area contributed by atoms with E-state index < -0.39 is 5.97 Å². The second kappa shape index (κ2) is 9.39. The van der Waals surface area contributed by atoms with Gasteiger partial charge in [0.25, 0.3) is 0 Å². The van der Waals surface area contributed by atoms with E-state index >= 15 is 0 Å². The SMILES string of the molecule is CCCN(CCCOc1ccccc1)CCC(=O)O. The monoisotopic (exact) mass is 265 g/mol. The normalized spacial score (nSPS) is 10.6. The standard InChI is InChI=1S/C15H23NO3/c1-2-10-16(12-9-15(17)18)11-6-13-19-14-7-4-3-5-8-14/h3-5,7-8H,2,6,9-13H2,1H3,(H,17,18). The summed E-state index contributed by atoms with van der Waals surface area (Å²) in [6.45, 7) is 5.21. The molecule has 0 aliphatic carbocycles. The Kier molecular flexibility index (Phi) is 7.66. The molecule has 0 amide bonds. The highest BCUT2D eigenvalue weighted by Crippen LogP contribution is 2.08. The molecule has 0 aliphatic heterocycles. The lowest BCUT2D eigenvalue weighted by molar-refractivity contribution is -0.137. The molecular formula is C15H23NO3. The van der Waals surface area contributed by atoms with E-state index in [-0.39, 0.29) is 6.42 Å². The largest absolute Gasteiger partial charge is 0.494 e. The van der Waals surface area contributed by atoms with Gasteiger partial charge in [0, 0.05) is 13.1 Å². The Morgan fingerprint density at radius 2 is 1.95 bits per heavy atom. The molecule has 0 spiro atoms. The molecule has 0 bridgehead atoms. The van der Waals surface area contributed by atoms with Crippen LogP contribution in [0.25, 0.3) is 0 Å². The lowest BCUT2D eigenvalue weighted by atomic mass is 10.3. The zero-order chi connectivity index (χ0) is 13.9. The Hall–Kier alpha value is -1.55. The Morgan fingerprint density at radius 1 is 1.21 bits per heavy atom. The van der Waals surface area contributed by atoms with Gasteiger partial charge in [0.05, 0.1) is 13.0 Å². The van der Waals surface area contributed by atoms with E-state index in [1.54, 1.807) is 0 Å². The number of rotatable bonds is 10. The van der Waals surface area contributed by atoms with Crippen molar-refractivity contribution in [2.75, 3.05) is 26.2 Å². The number of benzene rings is 1. The van der Waals surface area contributed by atoms with Crippen LogP contribution in [0.5, 0.6) is 5.75 Å². The van der Waals surface area contributed by atoms with Crippen molar-refractivity contribution in [3.05, 3.63) is 30.3 Å². The van der Waals surface area contributed by atoms with Gasteiger partial charge in [-0.25, -0.2) is 0 Å². The van der Waals surface area contributed by atoms with Crippen LogP contribution < -0.4 is 4.74 Å². The fourth-order valence-corrected chi connectivity index (χ4v) is 1.90. The van der Waals surface area contributed by atoms with Crippen LogP contribution in [-0.2, 0) is 4.79 Å². The van der Waals surface area contributed by atoms with Gasteiger partial charge in [-0.15, -0.1) is 0 Å². The Labute approximate surface area is 115 Å². The highest BCUT2D eigenvalue weighted by Gasteiger charge is 2.06. The van der Waals surface area contributed by atoms with Crippen molar-refractivity contribution >= 4 is 5.97 Å². The molecule has 1 N–H and O–H groups in total. The average molecular weight is 265 g/mol. The van der Waals surface area contributed by atoms with Gasteiger partial charge in [-0.3, -0.25) is 4.79 Å². The molecule has 0 atom stereocenters. The highest BCUT2D eigenvalue weighted by atomic mass is 16.5. The smallest absolute Gasteiger partial charge is 0.304 e. The number of nitrogens with zero attached hydrogens (tertiary/aromatic N) is 1. The fourth-order valence-electron chi connectivity index (χ4n) is 1.90. The highest BCUT2D eigenvalue weighted by molar-refractivity contribution is 5.66. The van der Waals surface area contributed by atoms with Crippen LogP contribution in [0.2, 0.25) is 0 Å². The first-order valence-electron chi connectivity index (χ1n) is 6.84. The van der Waals surface area contributed by atoms with Crippen LogP contribution in [0.15, 0.2) is 30.3 Å². The van der Waals surface area contributed by atoms with Crippen molar-refractivity contribution in [3.8, 4) is 5.75 Å². The second-order valence-corrected chi connectivity index (χ2v) is 4.50. The number of hydrogen-bond acceptors (Lipinski definition) is 3. The summed E-state index contributed by atoms with van der Waals surface area (Å²) in [6.07, 6.45) is 2.16. The lowest BCUT2D eigenvalue weighted by Gasteiger charge is -2.20. The molecule has 0 aliphatic rings. The van der Waals surface area contributed by atoms with Gasteiger partial charge in [0.15, 0.2) is 0 Å². The summed E-state index contributed by atoms with van der Waals surface area (Å²) in [5, 5.41) is 8.70. The first-order valence-corrected chi connectivity index (χ1v) is 6.84. The van der Waals surface area contributed by atoms with Gasteiger partial charge >= 0.3 is 5.97 Å². The molecule has 1 aromatic carbocycles. The number of para-hydroxylation sites is 1. The van der Waals surface area contributed by atoms with Crippen molar-refractivity contribution in [1.82, 2.24) is 4.90 Å². The first-order chi connectivity index (χ1) is 9.22. The maximum Gasteiger partial charge on any atom is 0.304 e. The van der Waals surface area contributed by atoms with E-state index in [1.165, 1.54) is 0 Å². The molecule has 4 nitrogen and oxygen atoms in total. The Balaban J connectivity index is 2.18. The maximum atomic E-state index is 10.6. The molecule has 0 fully saturated rings. The molecule has 0 radical (unpaired) electrons. The summed E-state index contributed by atoms with van der Waals surface area (Å²) >= 11 is 0. The molecule has 0 saturated carbocycles. The molecule has 19 heavy (non-hydrogen) atoms. The van der Waals surface area contributed by atoms with Crippen LogP contribution in [0.1, 0.15) is 26.2 Å². The van der Waals surface area contributed by atoms with Gasteiger partial charge in [-0.1, -0.05) is 25.1 Å². The topological polar surface area (TPSA) is 49.8 Å². The quantitative estimate of drug-likeness (QED) is 0.661. The molecule has 0 unspecified atom stereocenters. The van der Waals surface area contributed by atoms with Gasteiger partial charge in [-0.2, -0.15) is 0 Å². The summed E-state index contributed by atoms with van der Waals surface area (Å²) in [5.74, 6) is 0.150. The molecular weight excluding hydrogens is 242 g/mol. The minimum atomic E-state index is -0.735. The van der Waals surface area contributed by atoms with Crippen LogP contribution in [0, 0.1) is 0 Å². The fraction of sp³-hybridized carbons (Fsp3) is 0.533. The van der Waals surface area contributed by atoms with Crippen molar-refractivity contribution in [2.45, 2.75) is 26.2 Å².